The van der Waals surface area contributed by atoms with E-state index in [9.17, 15) is 19.2 Å². The first-order chi connectivity index (χ1) is 22.4. The third-order valence-electron chi connectivity index (χ3n) is 5.91. The van der Waals surface area contributed by atoms with E-state index in [-0.39, 0.29) is 26.2 Å². The molecular formula is C35H36O11. The SMILES string of the molecule is C=CC(=O)OCCCOc1ccc(OC(=O)CCCOc2ccc(OC(=O)c3ccc(OCCCOC(=O)C=C)cc3)cc2)cc1. The van der Waals surface area contributed by atoms with Gasteiger partial charge in [-0.2, -0.15) is 0 Å². The Morgan fingerprint density at radius 3 is 1.35 bits per heavy atom. The van der Waals surface area contributed by atoms with E-state index in [0.717, 1.165) is 12.2 Å². The minimum Gasteiger partial charge on any atom is -0.494 e. The molecule has 0 aliphatic heterocycles. The first kappa shape index (κ1) is 34.9. The largest absolute Gasteiger partial charge is 0.494 e. The molecule has 46 heavy (non-hydrogen) atoms. The van der Waals surface area contributed by atoms with Gasteiger partial charge in [-0.3, -0.25) is 4.79 Å². The van der Waals surface area contributed by atoms with Gasteiger partial charge in [0.2, 0.25) is 0 Å². The van der Waals surface area contributed by atoms with Crippen molar-refractivity contribution >= 4 is 23.9 Å². The second kappa shape index (κ2) is 19.6. The quantitative estimate of drug-likeness (QED) is 0.0661. The van der Waals surface area contributed by atoms with Crippen LogP contribution in [0.1, 0.15) is 36.0 Å². The Hall–Kier alpha value is -5.58. The van der Waals surface area contributed by atoms with Crippen molar-refractivity contribution in [1.29, 1.82) is 0 Å². The highest BCUT2D eigenvalue weighted by Gasteiger charge is 2.10. The van der Waals surface area contributed by atoms with Crippen LogP contribution in [0.25, 0.3) is 0 Å². The van der Waals surface area contributed by atoms with E-state index in [1.807, 2.05) is 0 Å². The zero-order chi connectivity index (χ0) is 33.0. The summed E-state index contributed by atoms with van der Waals surface area (Å²) < 4.78 is 37.3. The maximum absolute atomic E-state index is 12.5. The van der Waals surface area contributed by atoms with Crippen molar-refractivity contribution in [2.75, 3.05) is 33.0 Å². The van der Waals surface area contributed by atoms with Gasteiger partial charge >= 0.3 is 23.9 Å². The zero-order valence-corrected chi connectivity index (χ0v) is 25.4. The third-order valence-corrected chi connectivity index (χ3v) is 5.91. The molecule has 0 aliphatic carbocycles. The molecule has 0 atom stereocenters. The maximum Gasteiger partial charge on any atom is 0.343 e. The number of hydrogen-bond acceptors (Lipinski definition) is 11. The molecule has 242 valence electrons. The Morgan fingerprint density at radius 2 is 0.891 bits per heavy atom. The molecule has 11 heteroatoms. The summed E-state index contributed by atoms with van der Waals surface area (Å²) >= 11 is 0. The average Bonchev–Trinajstić information content (AvgIpc) is 3.07. The molecule has 3 aromatic rings. The summed E-state index contributed by atoms with van der Waals surface area (Å²) in [5, 5.41) is 0. The summed E-state index contributed by atoms with van der Waals surface area (Å²) in [4.78, 5) is 46.7. The second-order valence-electron chi connectivity index (χ2n) is 9.43. The fourth-order valence-electron chi connectivity index (χ4n) is 3.61. The molecule has 3 aromatic carbocycles. The van der Waals surface area contributed by atoms with E-state index in [1.54, 1.807) is 72.8 Å². The summed E-state index contributed by atoms with van der Waals surface area (Å²) in [6, 6.07) is 19.7. The molecule has 0 aliphatic rings. The fraction of sp³-hybridized carbons (Fsp3) is 0.257. The standard InChI is InChI=1S/C35H36O11/c1-3-32(36)43-24-6-22-41-27-11-9-26(10-12-27)35(39)46-31-19-15-28(16-20-31)40-21-5-8-34(38)45-30-17-13-29(14-18-30)42-23-7-25-44-33(37)4-2/h3-4,9-20H,1-2,5-8,21-25H2. The lowest BCUT2D eigenvalue weighted by molar-refractivity contribution is -0.138. The predicted octanol–water partition coefficient (Wildman–Crippen LogP) is 5.67. The van der Waals surface area contributed by atoms with Crippen LogP contribution in [0.2, 0.25) is 0 Å². The van der Waals surface area contributed by atoms with Crippen LogP contribution >= 0.6 is 0 Å². The number of carbonyl (C=O) groups is 4. The van der Waals surface area contributed by atoms with Crippen LogP contribution in [-0.2, 0) is 23.9 Å². The van der Waals surface area contributed by atoms with Crippen LogP contribution in [0.4, 0.5) is 0 Å². The lowest BCUT2D eigenvalue weighted by Crippen LogP contribution is -2.10. The molecule has 0 amide bonds. The van der Waals surface area contributed by atoms with Crippen LogP contribution in [0.15, 0.2) is 98.1 Å². The normalized spacial score (nSPS) is 10.2. The molecule has 3 rings (SSSR count). The highest BCUT2D eigenvalue weighted by atomic mass is 16.5. The highest BCUT2D eigenvalue weighted by molar-refractivity contribution is 5.91. The molecule has 0 unspecified atom stereocenters. The number of ether oxygens (including phenoxy) is 7. The van der Waals surface area contributed by atoms with Gasteiger partial charge in [0.15, 0.2) is 0 Å². The van der Waals surface area contributed by atoms with Gasteiger partial charge < -0.3 is 33.2 Å². The molecule has 0 heterocycles. The first-order valence-electron chi connectivity index (χ1n) is 14.6. The molecule has 0 N–H and O–H groups in total. The summed E-state index contributed by atoms with van der Waals surface area (Å²) in [6.45, 7) is 8.12. The average molecular weight is 633 g/mol. The Balaban J connectivity index is 1.29. The lowest BCUT2D eigenvalue weighted by Gasteiger charge is -2.09. The van der Waals surface area contributed by atoms with Gasteiger partial charge in [0.05, 0.1) is 38.6 Å². The molecule has 0 fully saturated rings. The third kappa shape index (κ3) is 13.4. The number of rotatable bonds is 20. The Labute approximate surface area is 267 Å². The van der Waals surface area contributed by atoms with Gasteiger partial charge in [0.1, 0.15) is 28.7 Å². The molecular weight excluding hydrogens is 596 g/mol. The van der Waals surface area contributed by atoms with Crippen molar-refractivity contribution in [1.82, 2.24) is 0 Å². The van der Waals surface area contributed by atoms with Crippen LogP contribution < -0.4 is 23.7 Å². The van der Waals surface area contributed by atoms with Crippen molar-refractivity contribution in [3.63, 3.8) is 0 Å². The van der Waals surface area contributed by atoms with E-state index in [4.69, 9.17) is 33.2 Å². The van der Waals surface area contributed by atoms with Gasteiger partial charge in [-0.05, 0) is 79.2 Å². The van der Waals surface area contributed by atoms with Gasteiger partial charge in [0, 0.05) is 31.4 Å². The monoisotopic (exact) mass is 632 g/mol. The number of carbonyl (C=O) groups excluding carboxylic acids is 4. The summed E-state index contributed by atoms with van der Waals surface area (Å²) in [5.41, 5.74) is 0.351. The topological polar surface area (TPSA) is 133 Å². The van der Waals surface area contributed by atoms with Gasteiger partial charge in [-0.1, -0.05) is 13.2 Å². The number of hydrogen-bond donors (Lipinski definition) is 0. The van der Waals surface area contributed by atoms with Crippen molar-refractivity contribution < 1.29 is 52.3 Å². The minimum absolute atomic E-state index is 0.159. The molecule has 11 nitrogen and oxygen atoms in total. The van der Waals surface area contributed by atoms with Crippen LogP contribution in [-0.4, -0.2) is 56.9 Å². The van der Waals surface area contributed by atoms with Gasteiger partial charge in [0.25, 0.3) is 0 Å². The molecule has 0 aromatic heterocycles. The van der Waals surface area contributed by atoms with Gasteiger partial charge in [-0.25, -0.2) is 14.4 Å². The summed E-state index contributed by atoms with van der Waals surface area (Å²) in [7, 11) is 0. The van der Waals surface area contributed by atoms with Crippen molar-refractivity contribution in [2.45, 2.75) is 25.7 Å². The van der Waals surface area contributed by atoms with E-state index in [2.05, 4.69) is 13.2 Å². The second-order valence-corrected chi connectivity index (χ2v) is 9.43. The Morgan fingerprint density at radius 1 is 0.500 bits per heavy atom. The Kier molecular flexibility index (Phi) is 14.9. The van der Waals surface area contributed by atoms with E-state index >= 15 is 0 Å². The van der Waals surface area contributed by atoms with Crippen LogP contribution in [0, 0.1) is 0 Å². The lowest BCUT2D eigenvalue weighted by atomic mass is 10.2. The molecule has 0 bridgehead atoms. The van der Waals surface area contributed by atoms with Crippen LogP contribution in [0.3, 0.4) is 0 Å². The first-order valence-corrected chi connectivity index (χ1v) is 14.6. The zero-order valence-electron chi connectivity index (χ0n) is 25.4. The van der Waals surface area contributed by atoms with E-state index in [0.29, 0.717) is 66.8 Å². The highest BCUT2D eigenvalue weighted by Crippen LogP contribution is 2.21. The molecule has 0 saturated carbocycles. The van der Waals surface area contributed by atoms with Crippen LogP contribution in [0.5, 0.6) is 28.7 Å². The Bertz CT molecular complexity index is 1430. The van der Waals surface area contributed by atoms with Crippen molar-refractivity contribution in [2.24, 2.45) is 0 Å². The minimum atomic E-state index is -0.527. The molecule has 0 radical (unpaired) electrons. The fourth-order valence-corrected chi connectivity index (χ4v) is 3.61. The van der Waals surface area contributed by atoms with Crippen molar-refractivity contribution in [3.8, 4) is 28.7 Å². The molecule has 0 saturated heterocycles. The smallest absolute Gasteiger partial charge is 0.343 e. The van der Waals surface area contributed by atoms with Gasteiger partial charge in [-0.15, -0.1) is 0 Å². The summed E-state index contributed by atoms with van der Waals surface area (Å²) in [5.74, 6) is 0.601. The number of esters is 4. The van der Waals surface area contributed by atoms with E-state index < -0.39 is 23.9 Å². The van der Waals surface area contributed by atoms with Crippen molar-refractivity contribution in [3.05, 3.63) is 104 Å². The maximum atomic E-state index is 12.5. The summed E-state index contributed by atoms with van der Waals surface area (Å²) in [6.07, 6.45) is 3.86. The predicted molar refractivity (Wildman–Crippen MR) is 167 cm³/mol. The van der Waals surface area contributed by atoms with E-state index in [1.165, 1.54) is 0 Å². The number of benzene rings is 3. The molecule has 0 spiro atoms.